The van der Waals surface area contributed by atoms with E-state index < -0.39 is 5.97 Å². The normalized spacial score (nSPS) is 30.7. The predicted octanol–water partition coefficient (Wildman–Crippen LogP) is 0.272. The van der Waals surface area contributed by atoms with Crippen molar-refractivity contribution < 1.29 is 19.5 Å². The summed E-state index contributed by atoms with van der Waals surface area (Å²) < 4.78 is 0. The van der Waals surface area contributed by atoms with Crippen molar-refractivity contribution in [2.45, 2.75) is 44.6 Å². The fourth-order valence-corrected chi connectivity index (χ4v) is 2.80. The Labute approximate surface area is 111 Å². The molecular weight excluding hydrogens is 248 g/mol. The minimum absolute atomic E-state index is 0.00927. The zero-order chi connectivity index (χ0) is 13.8. The largest absolute Gasteiger partial charge is 0.481 e. The van der Waals surface area contributed by atoms with Crippen molar-refractivity contribution >= 4 is 17.8 Å². The number of amides is 2. The molecule has 6 heteroatoms. The van der Waals surface area contributed by atoms with E-state index in [1.54, 1.807) is 0 Å². The fraction of sp³-hybridized carbons (Fsp3) is 0.769. The molecule has 0 aromatic rings. The average molecular weight is 268 g/mol. The van der Waals surface area contributed by atoms with E-state index in [4.69, 9.17) is 5.11 Å². The second kappa shape index (κ2) is 6.04. The quantitative estimate of drug-likeness (QED) is 0.682. The van der Waals surface area contributed by atoms with Crippen LogP contribution < -0.4 is 10.6 Å². The molecule has 0 aromatic heterocycles. The van der Waals surface area contributed by atoms with Gasteiger partial charge in [0.25, 0.3) is 0 Å². The van der Waals surface area contributed by atoms with E-state index in [9.17, 15) is 14.4 Å². The minimum atomic E-state index is -0.757. The molecule has 0 radical (unpaired) electrons. The molecule has 1 heterocycles. The third kappa shape index (κ3) is 3.68. The highest BCUT2D eigenvalue weighted by Gasteiger charge is 2.30. The molecule has 1 aliphatic carbocycles. The van der Waals surface area contributed by atoms with E-state index >= 15 is 0 Å². The Bertz CT molecular complexity index is 375. The van der Waals surface area contributed by atoms with Gasteiger partial charge in [0.1, 0.15) is 0 Å². The summed E-state index contributed by atoms with van der Waals surface area (Å²) in [5.74, 6) is -1.09. The Hall–Kier alpha value is -1.59. The van der Waals surface area contributed by atoms with Gasteiger partial charge in [-0.1, -0.05) is 0 Å². The van der Waals surface area contributed by atoms with Crippen molar-refractivity contribution in [2.24, 2.45) is 11.8 Å². The van der Waals surface area contributed by atoms with Crippen molar-refractivity contribution in [3.63, 3.8) is 0 Å². The van der Waals surface area contributed by atoms with Crippen LogP contribution in [0.25, 0.3) is 0 Å². The molecule has 2 amide bonds. The maximum absolute atomic E-state index is 11.9. The lowest BCUT2D eigenvalue weighted by atomic mass is 9.81. The van der Waals surface area contributed by atoms with Crippen LogP contribution in [0, 0.1) is 11.8 Å². The first-order valence-corrected chi connectivity index (χ1v) is 6.86. The van der Waals surface area contributed by atoms with Crippen LogP contribution in [0.1, 0.15) is 38.5 Å². The molecule has 2 rings (SSSR count). The molecule has 0 aromatic carbocycles. The van der Waals surface area contributed by atoms with Gasteiger partial charge in [-0.2, -0.15) is 0 Å². The number of carboxylic acids is 1. The summed E-state index contributed by atoms with van der Waals surface area (Å²) in [6.07, 6.45) is 3.73. The van der Waals surface area contributed by atoms with E-state index in [2.05, 4.69) is 10.6 Å². The van der Waals surface area contributed by atoms with Crippen molar-refractivity contribution in [2.75, 3.05) is 6.54 Å². The van der Waals surface area contributed by atoms with E-state index in [1.165, 1.54) is 0 Å². The zero-order valence-electron chi connectivity index (χ0n) is 10.9. The van der Waals surface area contributed by atoms with Crippen molar-refractivity contribution in [1.29, 1.82) is 0 Å². The van der Waals surface area contributed by atoms with Crippen LogP contribution in [0.3, 0.4) is 0 Å². The van der Waals surface area contributed by atoms with E-state index in [1.807, 2.05) is 0 Å². The summed E-state index contributed by atoms with van der Waals surface area (Å²) in [5.41, 5.74) is 0. The SMILES string of the molecule is O=C1CCC(CNC(=O)C2CCC(C(=O)O)CC2)N1. The van der Waals surface area contributed by atoms with Gasteiger partial charge in [-0.15, -0.1) is 0 Å². The maximum Gasteiger partial charge on any atom is 0.306 e. The van der Waals surface area contributed by atoms with E-state index in [0.717, 1.165) is 6.42 Å². The van der Waals surface area contributed by atoms with Crippen molar-refractivity contribution in [1.82, 2.24) is 10.6 Å². The number of aliphatic carboxylic acids is 1. The summed E-state index contributed by atoms with van der Waals surface area (Å²) in [6, 6.07) is 0.0480. The number of carbonyl (C=O) groups excluding carboxylic acids is 2. The summed E-state index contributed by atoms with van der Waals surface area (Å²) in [6.45, 7) is 0.476. The fourth-order valence-electron chi connectivity index (χ4n) is 2.80. The molecule has 1 aliphatic heterocycles. The predicted molar refractivity (Wildman–Crippen MR) is 67.3 cm³/mol. The number of hydrogen-bond donors (Lipinski definition) is 3. The Balaban J connectivity index is 1.69. The second-order valence-corrected chi connectivity index (χ2v) is 5.44. The Morgan fingerprint density at radius 1 is 1.16 bits per heavy atom. The number of rotatable bonds is 4. The molecule has 6 nitrogen and oxygen atoms in total. The van der Waals surface area contributed by atoms with Gasteiger partial charge in [0.2, 0.25) is 11.8 Å². The molecular formula is C13H20N2O4. The van der Waals surface area contributed by atoms with Crippen LogP contribution in [0.2, 0.25) is 0 Å². The molecule has 3 N–H and O–H groups in total. The minimum Gasteiger partial charge on any atom is -0.481 e. The first kappa shape index (κ1) is 13.8. The highest BCUT2D eigenvalue weighted by molar-refractivity contribution is 5.80. The standard InChI is InChI=1S/C13H20N2O4/c16-11-6-5-10(15-11)7-14-12(17)8-1-3-9(4-2-8)13(18)19/h8-10H,1-7H2,(H,14,17)(H,15,16)(H,18,19). The number of nitrogens with one attached hydrogen (secondary N) is 2. The van der Waals surface area contributed by atoms with Crippen molar-refractivity contribution in [3.8, 4) is 0 Å². The van der Waals surface area contributed by atoms with Gasteiger partial charge < -0.3 is 15.7 Å². The second-order valence-electron chi connectivity index (χ2n) is 5.44. The molecule has 1 unspecified atom stereocenters. The molecule has 0 bridgehead atoms. The first-order valence-electron chi connectivity index (χ1n) is 6.86. The van der Waals surface area contributed by atoms with Crippen LogP contribution in [0.5, 0.6) is 0 Å². The molecule has 1 atom stereocenters. The van der Waals surface area contributed by atoms with Crippen LogP contribution in [-0.4, -0.2) is 35.5 Å². The van der Waals surface area contributed by atoms with Gasteiger partial charge in [-0.05, 0) is 32.1 Å². The number of hydrogen-bond acceptors (Lipinski definition) is 3. The molecule has 1 saturated heterocycles. The summed E-state index contributed by atoms with van der Waals surface area (Å²) in [5, 5.41) is 14.6. The Kier molecular flexibility index (Phi) is 4.39. The smallest absolute Gasteiger partial charge is 0.306 e. The van der Waals surface area contributed by atoms with Gasteiger partial charge in [0.15, 0.2) is 0 Å². The molecule has 106 valence electrons. The number of carbonyl (C=O) groups is 3. The van der Waals surface area contributed by atoms with Crippen molar-refractivity contribution in [3.05, 3.63) is 0 Å². The van der Waals surface area contributed by atoms with Crippen LogP contribution in [0.15, 0.2) is 0 Å². The molecule has 2 aliphatic rings. The van der Waals surface area contributed by atoms with Gasteiger partial charge in [-0.3, -0.25) is 14.4 Å². The molecule has 2 fully saturated rings. The van der Waals surface area contributed by atoms with E-state index in [-0.39, 0.29) is 29.7 Å². The lowest BCUT2D eigenvalue weighted by Crippen LogP contribution is -2.41. The first-order chi connectivity index (χ1) is 9.06. The Morgan fingerprint density at radius 3 is 2.32 bits per heavy atom. The van der Waals surface area contributed by atoms with Crippen LogP contribution in [0.4, 0.5) is 0 Å². The maximum atomic E-state index is 11.9. The topological polar surface area (TPSA) is 95.5 Å². The molecule has 1 saturated carbocycles. The lowest BCUT2D eigenvalue weighted by molar-refractivity contribution is -0.144. The van der Waals surface area contributed by atoms with Crippen LogP contribution in [-0.2, 0) is 14.4 Å². The van der Waals surface area contributed by atoms with Crippen LogP contribution >= 0.6 is 0 Å². The highest BCUT2D eigenvalue weighted by atomic mass is 16.4. The van der Waals surface area contributed by atoms with Gasteiger partial charge >= 0.3 is 5.97 Å². The molecule has 0 spiro atoms. The summed E-state index contributed by atoms with van der Waals surface area (Å²) >= 11 is 0. The average Bonchev–Trinajstić information content (AvgIpc) is 2.82. The summed E-state index contributed by atoms with van der Waals surface area (Å²) in [7, 11) is 0. The van der Waals surface area contributed by atoms with Gasteiger partial charge in [0, 0.05) is 24.9 Å². The lowest BCUT2D eigenvalue weighted by Gasteiger charge is -2.25. The van der Waals surface area contributed by atoms with Gasteiger partial charge in [-0.25, -0.2) is 0 Å². The summed E-state index contributed by atoms with van der Waals surface area (Å²) in [4.78, 5) is 33.8. The zero-order valence-corrected chi connectivity index (χ0v) is 10.9. The third-order valence-corrected chi connectivity index (χ3v) is 4.05. The van der Waals surface area contributed by atoms with E-state index in [0.29, 0.717) is 38.6 Å². The highest BCUT2D eigenvalue weighted by Crippen LogP contribution is 2.29. The third-order valence-electron chi connectivity index (χ3n) is 4.05. The van der Waals surface area contributed by atoms with Gasteiger partial charge in [0.05, 0.1) is 5.92 Å². The molecule has 19 heavy (non-hydrogen) atoms. The monoisotopic (exact) mass is 268 g/mol. The number of carboxylic acid groups (broad SMARTS) is 1. The Morgan fingerprint density at radius 2 is 1.79 bits per heavy atom.